The molecule has 2 nitrogen and oxygen atoms in total. The molecular weight excluding hydrogens is 176 g/mol. The molecule has 2 N–H and O–H groups in total. The van der Waals surface area contributed by atoms with Gasteiger partial charge in [-0.2, -0.15) is 0 Å². The quantitative estimate of drug-likeness (QED) is 0.682. The Morgan fingerprint density at radius 1 is 1.73 bits per heavy atom. The molecule has 1 aromatic rings. The lowest BCUT2D eigenvalue weighted by molar-refractivity contribution is 0.906. The van der Waals surface area contributed by atoms with Crippen molar-refractivity contribution in [2.45, 2.75) is 6.54 Å². The van der Waals surface area contributed by atoms with Gasteiger partial charge in [-0.05, 0) is 23.7 Å². The first kappa shape index (κ1) is 8.49. The highest BCUT2D eigenvalue weighted by Crippen LogP contribution is 2.06. The number of rotatable bonds is 2. The van der Waals surface area contributed by atoms with Crippen LogP contribution in [0.3, 0.4) is 0 Å². The summed E-state index contributed by atoms with van der Waals surface area (Å²) >= 11 is 6.64. The van der Waals surface area contributed by atoms with Gasteiger partial charge in [0.25, 0.3) is 0 Å². The summed E-state index contributed by atoms with van der Waals surface area (Å²) < 4.78 is 0. The molecule has 0 bridgehead atoms. The average molecular weight is 186 g/mol. The van der Waals surface area contributed by atoms with Crippen LogP contribution in [0.25, 0.3) is 0 Å². The third kappa shape index (κ3) is 2.86. The SMILES string of the molecule is CNC(=S)NCc1cccs1. The Hall–Kier alpha value is -0.610. The Kier molecular flexibility index (Phi) is 3.32. The summed E-state index contributed by atoms with van der Waals surface area (Å²) in [5.74, 6) is 0. The molecule has 0 aliphatic heterocycles. The zero-order valence-corrected chi connectivity index (χ0v) is 7.89. The second kappa shape index (κ2) is 4.31. The van der Waals surface area contributed by atoms with E-state index in [1.165, 1.54) is 4.88 Å². The van der Waals surface area contributed by atoms with Crippen LogP contribution in [0.15, 0.2) is 17.5 Å². The minimum absolute atomic E-state index is 0.693. The Morgan fingerprint density at radius 2 is 2.55 bits per heavy atom. The largest absolute Gasteiger partial charge is 0.366 e. The highest BCUT2D eigenvalue weighted by atomic mass is 32.1. The molecule has 60 valence electrons. The van der Waals surface area contributed by atoms with Crippen LogP contribution in [0.5, 0.6) is 0 Å². The molecule has 1 aromatic heterocycles. The third-order valence-electron chi connectivity index (χ3n) is 1.23. The van der Waals surface area contributed by atoms with Crippen molar-refractivity contribution in [2.75, 3.05) is 7.05 Å². The molecule has 0 radical (unpaired) electrons. The zero-order valence-electron chi connectivity index (χ0n) is 6.26. The number of hydrogen-bond acceptors (Lipinski definition) is 2. The molecule has 1 rings (SSSR count). The highest BCUT2D eigenvalue weighted by molar-refractivity contribution is 7.80. The molecule has 0 spiro atoms. The molecule has 0 atom stereocenters. The maximum absolute atomic E-state index is 4.91. The van der Waals surface area contributed by atoms with E-state index in [2.05, 4.69) is 22.1 Å². The van der Waals surface area contributed by atoms with Crippen LogP contribution >= 0.6 is 23.6 Å². The van der Waals surface area contributed by atoms with Crippen molar-refractivity contribution in [1.29, 1.82) is 0 Å². The summed E-state index contributed by atoms with van der Waals surface area (Å²) in [4.78, 5) is 1.29. The lowest BCUT2D eigenvalue weighted by Gasteiger charge is -2.03. The smallest absolute Gasteiger partial charge is 0.166 e. The van der Waals surface area contributed by atoms with Crippen molar-refractivity contribution >= 4 is 28.7 Å². The predicted molar refractivity (Wildman–Crippen MR) is 52.8 cm³/mol. The van der Waals surface area contributed by atoms with Crippen LogP contribution in [0.2, 0.25) is 0 Å². The molecule has 0 fully saturated rings. The van der Waals surface area contributed by atoms with E-state index < -0.39 is 0 Å². The fourth-order valence-electron chi connectivity index (χ4n) is 0.669. The molecule has 0 aliphatic rings. The summed E-state index contributed by atoms with van der Waals surface area (Å²) in [7, 11) is 1.81. The summed E-state index contributed by atoms with van der Waals surface area (Å²) in [5, 5.41) is 8.67. The van der Waals surface area contributed by atoms with Gasteiger partial charge >= 0.3 is 0 Å². The fraction of sp³-hybridized carbons (Fsp3) is 0.286. The maximum atomic E-state index is 4.91. The van der Waals surface area contributed by atoms with E-state index in [0.717, 1.165) is 6.54 Å². The van der Waals surface area contributed by atoms with Gasteiger partial charge in [0.15, 0.2) is 5.11 Å². The Labute approximate surface area is 75.6 Å². The fourth-order valence-corrected chi connectivity index (χ4v) is 1.39. The van der Waals surface area contributed by atoms with Crippen molar-refractivity contribution in [3.63, 3.8) is 0 Å². The second-order valence-electron chi connectivity index (χ2n) is 2.01. The minimum atomic E-state index is 0.693. The first-order chi connectivity index (χ1) is 5.33. The second-order valence-corrected chi connectivity index (χ2v) is 3.45. The summed E-state index contributed by atoms with van der Waals surface area (Å²) in [6, 6.07) is 4.11. The van der Waals surface area contributed by atoms with E-state index in [0.29, 0.717) is 5.11 Å². The Bertz CT molecular complexity index is 218. The van der Waals surface area contributed by atoms with Gasteiger partial charge in [0.2, 0.25) is 0 Å². The molecule has 0 saturated carbocycles. The van der Waals surface area contributed by atoms with Gasteiger partial charge in [0.1, 0.15) is 0 Å². The highest BCUT2D eigenvalue weighted by Gasteiger charge is 1.93. The monoisotopic (exact) mass is 186 g/mol. The van der Waals surface area contributed by atoms with Gasteiger partial charge in [-0.3, -0.25) is 0 Å². The molecule has 11 heavy (non-hydrogen) atoms. The minimum Gasteiger partial charge on any atom is -0.366 e. The van der Waals surface area contributed by atoms with Crippen molar-refractivity contribution in [3.8, 4) is 0 Å². The van der Waals surface area contributed by atoms with Gasteiger partial charge in [-0.25, -0.2) is 0 Å². The van der Waals surface area contributed by atoms with E-state index in [1.54, 1.807) is 11.3 Å². The van der Waals surface area contributed by atoms with E-state index >= 15 is 0 Å². The van der Waals surface area contributed by atoms with Gasteiger partial charge in [-0.1, -0.05) is 6.07 Å². The summed E-state index contributed by atoms with van der Waals surface area (Å²) in [6.07, 6.45) is 0. The van der Waals surface area contributed by atoms with Crippen LogP contribution in [-0.4, -0.2) is 12.2 Å². The predicted octanol–water partition coefficient (Wildman–Crippen LogP) is 1.34. The van der Waals surface area contributed by atoms with Crippen molar-refractivity contribution in [1.82, 2.24) is 10.6 Å². The number of thiocarbonyl (C=S) groups is 1. The van der Waals surface area contributed by atoms with Crippen LogP contribution in [0, 0.1) is 0 Å². The van der Waals surface area contributed by atoms with Crippen molar-refractivity contribution < 1.29 is 0 Å². The van der Waals surface area contributed by atoms with Gasteiger partial charge in [0, 0.05) is 11.9 Å². The molecule has 0 aromatic carbocycles. The van der Waals surface area contributed by atoms with Crippen molar-refractivity contribution in [3.05, 3.63) is 22.4 Å². The molecule has 0 amide bonds. The molecule has 0 aliphatic carbocycles. The summed E-state index contributed by atoms with van der Waals surface area (Å²) in [5.41, 5.74) is 0. The van der Waals surface area contributed by atoms with E-state index in [1.807, 2.05) is 13.1 Å². The van der Waals surface area contributed by atoms with Crippen molar-refractivity contribution in [2.24, 2.45) is 0 Å². The first-order valence-electron chi connectivity index (χ1n) is 3.31. The molecule has 4 heteroatoms. The average Bonchev–Trinajstić information content (AvgIpc) is 2.52. The van der Waals surface area contributed by atoms with Gasteiger partial charge in [-0.15, -0.1) is 11.3 Å². The lowest BCUT2D eigenvalue weighted by atomic mass is 10.5. The van der Waals surface area contributed by atoms with Crippen LogP contribution in [-0.2, 0) is 6.54 Å². The molecule has 0 saturated heterocycles. The van der Waals surface area contributed by atoms with E-state index in [9.17, 15) is 0 Å². The van der Waals surface area contributed by atoms with E-state index in [4.69, 9.17) is 12.2 Å². The molecular formula is C7H10N2S2. The van der Waals surface area contributed by atoms with Gasteiger partial charge in [0.05, 0.1) is 6.54 Å². The molecule has 1 heterocycles. The Balaban J connectivity index is 2.29. The number of nitrogens with one attached hydrogen (secondary N) is 2. The number of thiophene rings is 1. The van der Waals surface area contributed by atoms with Crippen LogP contribution < -0.4 is 10.6 Å². The Morgan fingerprint density at radius 3 is 3.09 bits per heavy atom. The summed E-state index contributed by atoms with van der Waals surface area (Å²) in [6.45, 7) is 0.817. The van der Waals surface area contributed by atoms with Crippen LogP contribution in [0.4, 0.5) is 0 Å². The zero-order chi connectivity index (χ0) is 8.10. The normalized spacial score (nSPS) is 9.18. The topological polar surface area (TPSA) is 24.1 Å². The van der Waals surface area contributed by atoms with E-state index in [-0.39, 0.29) is 0 Å². The molecule has 0 unspecified atom stereocenters. The third-order valence-corrected chi connectivity index (χ3v) is 2.46. The maximum Gasteiger partial charge on any atom is 0.166 e. The standard InChI is InChI=1S/C7H10N2S2/c1-8-7(10)9-5-6-3-2-4-11-6/h2-4H,5H2,1H3,(H2,8,9,10). The van der Waals surface area contributed by atoms with Gasteiger partial charge < -0.3 is 10.6 Å². The first-order valence-corrected chi connectivity index (χ1v) is 4.59. The lowest BCUT2D eigenvalue weighted by Crippen LogP contribution is -2.31. The van der Waals surface area contributed by atoms with Crippen LogP contribution in [0.1, 0.15) is 4.88 Å². The number of hydrogen-bond donors (Lipinski definition) is 2.